The van der Waals surface area contributed by atoms with Crippen LogP contribution in [0.15, 0.2) is 47.4 Å². The monoisotopic (exact) mass is 363 g/mol. The molecule has 0 spiro atoms. The number of carbonyl (C=O) groups is 1. The zero-order chi connectivity index (χ0) is 18.6. The van der Waals surface area contributed by atoms with Gasteiger partial charge in [-0.25, -0.2) is 17.9 Å². The number of ether oxygens (including phenoxy) is 2. The van der Waals surface area contributed by atoms with Crippen molar-refractivity contribution in [1.29, 1.82) is 0 Å². The summed E-state index contributed by atoms with van der Waals surface area (Å²) in [6.45, 7) is 3.46. The number of hydrogen-bond donors (Lipinski definition) is 1. The first kappa shape index (κ1) is 19.0. The van der Waals surface area contributed by atoms with Crippen molar-refractivity contribution in [2.45, 2.75) is 24.8 Å². The Morgan fingerprint density at radius 2 is 1.72 bits per heavy atom. The predicted molar refractivity (Wildman–Crippen MR) is 94.2 cm³/mol. The summed E-state index contributed by atoms with van der Waals surface area (Å²) < 4.78 is 37.6. The fourth-order valence-corrected chi connectivity index (χ4v) is 3.62. The van der Waals surface area contributed by atoms with Gasteiger partial charge in [0, 0.05) is 6.04 Å². The van der Waals surface area contributed by atoms with Gasteiger partial charge in [0.25, 0.3) is 0 Å². The molecule has 2 aromatic carbocycles. The maximum absolute atomic E-state index is 12.6. The Morgan fingerprint density at radius 1 is 1.08 bits per heavy atom. The van der Waals surface area contributed by atoms with Crippen LogP contribution in [0.1, 0.15) is 34.5 Å². The summed E-state index contributed by atoms with van der Waals surface area (Å²) in [5, 5.41) is 0. The van der Waals surface area contributed by atoms with Gasteiger partial charge >= 0.3 is 5.97 Å². The summed E-state index contributed by atoms with van der Waals surface area (Å²) >= 11 is 0. The fraction of sp³-hybridized carbons (Fsp3) is 0.278. The van der Waals surface area contributed by atoms with Gasteiger partial charge in [0.15, 0.2) is 0 Å². The smallest absolute Gasteiger partial charge is 0.338 e. The maximum atomic E-state index is 12.6. The number of carbonyl (C=O) groups excluding carboxylic acids is 1. The minimum Gasteiger partial charge on any atom is -0.497 e. The van der Waals surface area contributed by atoms with E-state index in [-0.39, 0.29) is 10.5 Å². The number of benzene rings is 2. The largest absolute Gasteiger partial charge is 0.497 e. The Balaban J connectivity index is 2.27. The molecule has 0 saturated carbocycles. The van der Waals surface area contributed by atoms with Crippen LogP contribution < -0.4 is 9.46 Å². The van der Waals surface area contributed by atoms with E-state index in [1.807, 2.05) is 0 Å². The van der Waals surface area contributed by atoms with Crippen molar-refractivity contribution in [3.05, 3.63) is 59.2 Å². The molecule has 0 aliphatic heterocycles. The molecule has 0 bridgehead atoms. The van der Waals surface area contributed by atoms with E-state index in [4.69, 9.17) is 9.47 Å². The van der Waals surface area contributed by atoms with Crippen LogP contribution in [0.4, 0.5) is 0 Å². The van der Waals surface area contributed by atoms with Gasteiger partial charge in [-0.15, -0.1) is 0 Å². The number of methoxy groups -OCH3 is 2. The summed E-state index contributed by atoms with van der Waals surface area (Å²) in [7, 11) is -0.970. The van der Waals surface area contributed by atoms with Gasteiger partial charge in [-0.1, -0.05) is 18.2 Å². The molecular formula is C18H21NO5S. The van der Waals surface area contributed by atoms with Crippen molar-refractivity contribution in [3.63, 3.8) is 0 Å². The summed E-state index contributed by atoms with van der Waals surface area (Å²) in [4.78, 5) is 11.8. The molecule has 134 valence electrons. The van der Waals surface area contributed by atoms with Gasteiger partial charge in [-0.05, 0) is 49.2 Å². The Morgan fingerprint density at radius 3 is 2.28 bits per heavy atom. The molecule has 0 aliphatic rings. The Kier molecular flexibility index (Phi) is 5.81. The molecule has 0 saturated heterocycles. The van der Waals surface area contributed by atoms with Crippen molar-refractivity contribution >= 4 is 16.0 Å². The topological polar surface area (TPSA) is 81.7 Å². The van der Waals surface area contributed by atoms with Crippen LogP contribution in [0.5, 0.6) is 5.75 Å². The lowest BCUT2D eigenvalue weighted by atomic mass is 10.1. The van der Waals surface area contributed by atoms with E-state index in [0.717, 1.165) is 5.56 Å². The second-order valence-electron chi connectivity index (χ2n) is 5.58. The molecule has 0 amide bonds. The summed E-state index contributed by atoms with van der Waals surface area (Å²) in [6, 6.07) is 11.0. The molecule has 1 N–H and O–H groups in total. The summed E-state index contributed by atoms with van der Waals surface area (Å²) in [6.07, 6.45) is 0. The van der Waals surface area contributed by atoms with Crippen LogP contribution in [0, 0.1) is 6.92 Å². The van der Waals surface area contributed by atoms with Gasteiger partial charge in [-0.2, -0.15) is 0 Å². The SMILES string of the molecule is COC(=O)c1cc(S(=O)(=O)N[C@@H](C)c2ccc(OC)cc2)ccc1C. The van der Waals surface area contributed by atoms with Gasteiger partial charge < -0.3 is 9.47 Å². The van der Waals surface area contributed by atoms with E-state index in [2.05, 4.69) is 4.72 Å². The summed E-state index contributed by atoms with van der Waals surface area (Å²) in [5.74, 6) is 0.123. The molecule has 0 aliphatic carbocycles. The number of aryl methyl sites for hydroxylation is 1. The third-order valence-corrected chi connectivity index (χ3v) is 5.41. The Hall–Kier alpha value is -2.38. The van der Waals surface area contributed by atoms with Crippen LogP contribution in [-0.2, 0) is 14.8 Å². The number of hydrogen-bond acceptors (Lipinski definition) is 5. The van der Waals surface area contributed by atoms with Crippen LogP contribution in [0.2, 0.25) is 0 Å². The lowest BCUT2D eigenvalue weighted by Crippen LogP contribution is -2.27. The molecule has 2 aromatic rings. The van der Waals surface area contributed by atoms with Crippen LogP contribution in [0.25, 0.3) is 0 Å². The van der Waals surface area contributed by atoms with Gasteiger partial charge in [0.05, 0.1) is 24.7 Å². The second-order valence-corrected chi connectivity index (χ2v) is 7.30. The highest BCUT2D eigenvalue weighted by Gasteiger charge is 2.21. The molecule has 0 aromatic heterocycles. The molecule has 0 heterocycles. The minimum atomic E-state index is -3.79. The van der Waals surface area contributed by atoms with E-state index in [1.54, 1.807) is 51.3 Å². The van der Waals surface area contributed by atoms with E-state index in [0.29, 0.717) is 11.3 Å². The quantitative estimate of drug-likeness (QED) is 0.798. The van der Waals surface area contributed by atoms with Gasteiger partial charge in [0.2, 0.25) is 10.0 Å². The molecule has 25 heavy (non-hydrogen) atoms. The first-order valence-electron chi connectivity index (χ1n) is 7.63. The van der Waals surface area contributed by atoms with Crippen LogP contribution in [-0.4, -0.2) is 28.6 Å². The maximum Gasteiger partial charge on any atom is 0.338 e. The van der Waals surface area contributed by atoms with Crippen molar-refractivity contribution in [3.8, 4) is 5.75 Å². The van der Waals surface area contributed by atoms with Crippen molar-refractivity contribution < 1.29 is 22.7 Å². The van der Waals surface area contributed by atoms with E-state index < -0.39 is 22.0 Å². The van der Waals surface area contributed by atoms with Gasteiger partial charge in [0.1, 0.15) is 5.75 Å². The molecule has 0 unspecified atom stereocenters. The van der Waals surface area contributed by atoms with Crippen molar-refractivity contribution in [1.82, 2.24) is 4.72 Å². The molecule has 6 nitrogen and oxygen atoms in total. The highest BCUT2D eigenvalue weighted by molar-refractivity contribution is 7.89. The number of sulfonamides is 1. The van der Waals surface area contributed by atoms with Crippen LogP contribution in [0.3, 0.4) is 0 Å². The zero-order valence-electron chi connectivity index (χ0n) is 14.6. The second kappa shape index (κ2) is 7.67. The molecule has 7 heteroatoms. The Bertz CT molecular complexity index is 860. The molecule has 1 atom stereocenters. The fourth-order valence-electron chi connectivity index (χ4n) is 2.36. The Labute approximate surface area is 147 Å². The molecule has 0 fully saturated rings. The molecule has 2 rings (SSSR count). The summed E-state index contributed by atoms with van der Waals surface area (Å²) in [5.41, 5.74) is 1.67. The third kappa shape index (κ3) is 4.37. The number of nitrogens with one attached hydrogen (secondary N) is 1. The van der Waals surface area contributed by atoms with Gasteiger partial charge in [-0.3, -0.25) is 0 Å². The highest BCUT2D eigenvalue weighted by Crippen LogP contribution is 2.21. The van der Waals surface area contributed by atoms with E-state index in [1.165, 1.54) is 19.2 Å². The average Bonchev–Trinajstić information content (AvgIpc) is 2.61. The van der Waals surface area contributed by atoms with Crippen molar-refractivity contribution in [2.75, 3.05) is 14.2 Å². The molecular weight excluding hydrogens is 342 g/mol. The number of rotatable bonds is 6. The van der Waals surface area contributed by atoms with E-state index >= 15 is 0 Å². The van der Waals surface area contributed by atoms with Crippen LogP contribution >= 0.6 is 0 Å². The lowest BCUT2D eigenvalue weighted by Gasteiger charge is -2.16. The standard InChI is InChI=1S/C18H21NO5S/c1-12-5-10-16(11-17(12)18(20)24-4)25(21,22)19-13(2)14-6-8-15(23-3)9-7-14/h5-11,13,19H,1-4H3/t13-/m0/s1. The first-order chi connectivity index (χ1) is 11.8. The normalized spacial score (nSPS) is 12.5. The number of esters is 1. The average molecular weight is 363 g/mol. The first-order valence-corrected chi connectivity index (χ1v) is 9.12. The molecule has 0 radical (unpaired) electrons. The highest BCUT2D eigenvalue weighted by atomic mass is 32.2. The minimum absolute atomic E-state index is 0.0128. The van der Waals surface area contributed by atoms with E-state index in [9.17, 15) is 13.2 Å². The zero-order valence-corrected chi connectivity index (χ0v) is 15.4. The third-order valence-electron chi connectivity index (χ3n) is 3.87. The predicted octanol–water partition coefficient (Wildman–Crippen LogP) is 2.83. The van der Waals surface area contributed by atoms with Crippen molar-refractivity contribution in [2.24, 2.45) is 0 Å². The lowest BCUT2D eigenvalue weighted by molar-refractivity contribution is 0.0599.